The molecule has 2 amide bonds. The molecule has 2 N–H and O–H groups in total. The van der Waals surface area contributed by atoms with Gasteiger partial charge in [-0.3, -0.25) is 0 Å². The molecule has 0 saturated carbocycles. The fourth-order valence-corrected chi connectivity index (χ4v) is 2.36. The Balaban J connectivity index is 1.98. The molecule has 122 valence electrons. The van der Waals surface area contributed by atoms with Crippen LogP contribution in [0.5, 0.6) is 0 Å². The van der Waals surface area contributed by atoms with Crippen LogP contribution >= 0.6 is 11.6 Å². The number of carbonyl (C=O) groups is 1. The summed E-state index contributed by atoms with van der Waals surface area (Å²) < 4.78 is 50.9. The number of likely N-dealkylation sites (tertiary alicyclic amines) is 1. The molecule has 0 atom stereocenters. The maximum atomic E-state index is 12.9. The SMILES string of the molecule is O=C(Nc1ccc(F)cc1Cl)N1CCC(O)(C(F)(F)F)CC1. The summed E-state index contributed by atoms with van der Waals surface area (Å²) in [5, 5.41) is 11.9. The van der Waals surface area contributed by atoms with E-state index in [1.165, 1.54) is 6.07 Å². The van der Waals surface area contributed by atoms with Crippen molar-refractivity contribution in [1.29, 1.82) is 0 Å². The minimum atomic E-state index is -4.73. The van der Waals surface area contributed by atoms with Crippen LogP contribution in [0.3, 0.4) is 0 Å². The Morgan fingerprint density at radius 3 is 2.41 bits per heavy atom. The van der Waals surface area contributed by atoms with Crippen molar-refractivity contribution in [1.82, 2.24) is 4.90 Å². The number of urea groups is 1. The smallest absolute Gasteiger partial charge is 0.380 e. The van der Waals surface area contributed by atoms with E-state index < -0.39 is 36.5 Å². The van der Waals surface area contributed by atoms with E-state index in [9.17, 15) is 27.5 Å². The molecule has 1 aromatic carbocycles. The molecule has 0 spiro atoms. The highest BCUT2D eigenvalue weighted by atomic mass is 35.5. The summed E-state index contributed by atoms with van der Waals surface area (Å²) in [5.74, 6) is -0.573. The molecular formula is C13H13ClF4N2O2. The lowest BCUT2D eigenvalue weighted by molar-refractivity contribution is -0.271. The van der Waals surface area contributed by atoms with Crippen LogP contribution in [0.2, 0.25) is 5.02 Å². The van der Waals surface area contributed by atoms with Crippen molar-refractivity contribution in [2.75, 3.05) is 18.4 Å². The number of aliphatic hydroxyl groups is 1. The van der Waals surface area contributed by atoms with Gasteiger partial charge in [-0.2, -0.15) is 13.2 Å². The first-order valence-corrected chi connectivity index (χ1v) is 6.80. The van der Waals surface area contributed by atoms with Crippen molar-refractivity contribution in [3.8, 4) is 0 Å². The number of carbonyl (C=O) groups excluding carboxylic acids is 1. The lowest BCUT2D eigenvalue weighted by atomic mass is 9.91. The molecule has 0 bridgehead atoms. The molecule has 1 fully saturated rings. The Kier molecular flexibility index (Phi) is 4.53. The average Bonchev–Trinajstić information content (AvgIpc) is 2.41. The van der Waals surface area contributed by atoms with Crippen LogP contribution in [0.4, 0.5) is 28.0 Å². The van der Waals surface area contributed by atoms with Crippen molar-refractivity contribution >= 4 is 23.3 Å². The van der Waals surface area contributed by atoms with Gasteiger partial charge in [-0.15, -0.1) is 0 Å². The number of hydrogen-bond acceptors (Lipinski definition) is 2. The van der Waals surface area contributed by atoms with E-state index >= 15 is 0 Å². The topological polar surface area (TPSA) is 52.6 Å². The quantitative estimate of drug-likeness (QED) is 0.770. The van der Waals surface area contributed by atoms with Crippen LogP contribution in [-0.4, -0.2) is 40.9 Å². The van der Waals surface area contributed by atoms with E-state index in [0.717, 1.165) is 17.0 Å². The molecule has 1 aromatic rings. The molecule has 4 nitrogen and oxygen atoms in total. The van der Waals surface area contributed by atoms with E-state index in [4.69, 9.17) is 11.6 Å². The van der Waals surface area contributed by atoms with Crippen LogP contribution < -0.4 is 5.32 Å². The number of halogens is 5. The molecule has 1 saturated heterocycles. The largest absolute Gasteiger partial charge is 0.417 e. The second kappa shape index (κ2) is 5.92. The maximum absolute atomic E-state index is 12.9. The van der Waals surface area contributed by atoms with Crippen molar-refractivity contribution < 1.29 is 27.5 Å². The van der Waals surface area contributed by atoms with Gasteiger partial charge in [0.15, 0.2) is 5.60 Å². The van der Waals surface area contributed by atoms with Crippen molar-refractivity contribution in [3.63, 3.8) is 0 Å². The molecule has 22 heavy (non-hydrogen) atoms. The van der Waals surface area contributed by atoms with Gasteiger partial charge < -0.3 is 15.3 Å². The van der Waals surface area contributed by atoms with E-state index in [1.54, 1.807) is 0 Å². The Morgan fingerprint density at radius 2 is 1.91 bits per heavy atom. The van der Waals surface area contributed by atoms with Gasteiger partial charge in [-0.05, 0) is 18.2 Å². The highest BCUT2D eigenvalue weighted by Crippen LogP contribution is 2.38. The highest BCUT2D eigenvalue weighted by molar-refractivity contribution is 6.33. The molecule has 1 heterocycles. The zero-order valence-electron chi connectivity index (χ0n) is 11.3. The Bertz CT molecular complexity index is 572. The number of anilines is 1. The lowest BCUT2D eigenvalue weighted by Crippen LogP contribution is -2.55. The van der Waals surface area contributed by atoms with E-state index in [0.29, 0.717) is 0 Å². The fourth-order valence-electron chi connectivity index (χ4n) is 2.15. The third kappa shape index (κ3) is 3.44. The monoisotopic (exact) mass is 340 g/mol. The summed E-state index contributed by atoms with van der Waals surface area (Å²) in [6.45, 7) is -0.499. The summed E-state index contributed by atoms with van der Waals surface area (Å²) >= 11 is 5.76. The van der Waals surface area contributed by atoms with Crippen LogP contribution in [0.15, 0.2) is 18.2 Å². The summed E-state index contributed by atoms with van der Waals surface area (Å²) in [6, 6.07) is 2.71. The van der Waals surface area contributed by atoms with Crippen LogP contribution in [-0.2, 0) is 0 Å². The van der Waals surface area contributed by atoms with Crippen molar-refractivity contribution in [2.45, 2.75) is 24.6 Å². The van der Waals surface area contributed by atoms with E-state index in [1.807, 2.05) is 0 Å². The van der Waals surface area contributed by atoms with Gasteiger partial charge in [0.1, 0.15) is 5.82 Å². The van der Waals surface area contributed by atoms with Gasteiger partial charge in [-0.1, -0.05) is 11.6 Å². The van der Waals surface area contributed by atoms with Crippen LogP contribution in [0.1, 0.15) is 12.8 Å². The zero-order valence-corrected chi connectivity index (χ0v) is 12.0. The number of amides is 2. The molecule has 0 unspecified atom stereocenters. The summed E-state index contributed by atoms with van der Waals surface area (Å²) in [7, 11) is 0. The summed E-state index contributed by atoms with van der Waals surface area (Å²) in [5.41, 5.74) is -2.61. The van der Waals surface area contributed by atoms with Crippen molar-refractivity contribution in [2.24, 2.45) is 0 Å². The van der Waals surface area contributed by atoms with Gasteiger partial charge in [0, 0.05) is 25.9 Å². The van der Waals surface area contributed by atoms with Gasteiger partial charge in [0.05, 0.1) is 10.7 Å². The predicted octanol–water partition coefficient (Wildman–Crippen LogP) is 3.40. The van der Waals surface area contributed by atoms with Gasteiger partial charge in [-0.25, -0.2) is 9.18 Å². The highest BCUT2D eigenvalue weighted by Gasteiger charge is 2.54. The van der Waals surface area contributed by atoms with Gasteiger partial charge >= 0.3 is 12.2 Å². The number of nitrogens with zero attached hydrogens (tertiary/aromatic N) is 1. The Labute approximate surface area is 128 Å². The number of hydrogen-bond donors (Lipinski definition) is 2. The molecule has 9 heteroatoms. The van der Waals surface area contributed by atoms with Gasteiger partial charge in [0.2, 0.25) is 0 Å². The number of rotatable bonds is 1. The first kappa shape index (κ1) is 16.8. The maximum Gasteiger partial charge on any atom is 0.417 e. The fraction of sp³-hybridized carbons (Fsp3) is 0.462. The van der Waals surface area contributed by atoms with E-state index in [-0.39, 0.29) is 23.8 Å². The normalized spacial score (nSPS) is 18.2. The molecular weight excluding hydrogens is 328 g/mol. The second-order valence-corrected chi connectivity index (χ2v) is 5.48. The Morgan fingerprint density at radius 1 is 1.32 bits per heavy atom. The third-order valence-electron chi connectivity index (χ3n) is 3.58. The molecule has 1 aliphatic rings. The predicted molar refractivity (Wildman–Crippen MR) is 72.2 cm³/mol. The molecule has 2 rings (SSSR count). The number of nitrogens with one attached hydrogen (secondary N) is 1. The number of benzene rings is 1. The number of alkyl halides is 3. The summed E-state index contributed by atoms with van der Waals surface area (Å²) in [6.07, 6.45) is -5.92. The minimum absolute atomic E-state index is 0.0165. The third-order valence-corrected chi connectivity index (χ3v) is 3.89. The second-order valence-electron chi connectivity index (χ2n) is 5.07. The average molecular weight is 341 g/mol. The molecule has 0 radical (unpaired) electrons. The number of piperidine rings is 1. The lowest BCUT2D eigenvalue weighted by Gasteiger charge is -2.39. The van der Waals surface area contributed by atoms with Crippen molar-refractivity contribution in [3.05, 3.63) is 29.0 Å². The molecule has 0 aliphatic carbocycles. The summed E-state index contributed by atoms with van der Waals surface area (Å²) in [4.78, 5) is 13.1. The van der Waals surface area contributed by atoms with Crippen LogP contribution in [0, 0.1) is 5.82 Å². The molecule has 1 aliphatic heterocycles. The Hall–Kier alpha value is -1.54. The molecule has 0 aromatic heterocycles. The zero-order chi connectivity index (χ0) is 16.5. The van der Waals surface area contributed by atoms with Crippen LogP contribution in [0.25, 0.3) is 0 Å². The van der Waals surface area contributed by atoms with Gasteiger partial charge in [0.25, 0.3) is 0 Å². The minimum Gasteiger partial charge on any atom is -0.380 e. The first-order chi connectivity index (χ1) is 10.1. The first-order valence-electron chi connectivity index (χ1n) is 6.42. The standard InChI is InChI=1S/C13H13ClF4N2O2/c14-9-7-8(15)1-2-10(9)19-11(21)20-5-3-12(22,4-6-20)13(16,17)18/h1-2,7,22H,3-6H2,(H,19,21). The van der Waals surface area contributed by atoms with E-state index in [2.05, 4.69) is 5.32 Å².